The maximum absolute atomic E-state index is 12.7. The number of hydrogen-bond donors (Lipinski definition) is 0. The molecule has 1 aliphatic carbocycles. The largest absolute Gasteiger partial charge is 0.457 e. The van der Waals surface area contributed by atoms with Gasteiger partial charge in [0, 0.05) is 5.56 Å². The maximum Gasteiger partial charge on any atom is 0.426 e. The first-order valence-electron chi connectivity index (χ1n) is 9.41. The third kappa shape index (κ3) is 5.20. The summed E-state index contributed by atoms with van der Waals surface area (Å²) in [6, 6.07) is 17.4. The van der Waals surface area contributed by atoms with Gasteiger partial charge in [-0.25, -0.2) is 0 Å². The lowest BCUT2D eigenvalue weighted by Gasteiger charge is -2.13. The molecule has 8 heteroatoms. The molecule has 0 bridgehead atoms. The molecular formula is C23H19ClF3NO3. The molecule has 31 heavy (non-hydrogen) atoms. The summed E-state index contributed by atoms with van der Waals surface area (Å²) in [5.74, 6) is -1.27. The number of carbonyl (C=O) groups excluding carboxylic acids is 1. The Balaban J connectivity index is 1.72. The van der Waals surface area contributed by atoms with Crippen molar-refractivity contribution in [2.24, 2.45) is 17.3 Å². The summed E-state index contributed by atoms with van der Waals surface area (Å²) in [5.41, 5.74) is -0.371. The highest BCUT2D eigenvalue weighted by atomic mass is 35.5. The summed E-state index contributed by atoms with van der Waals surface area (Å²) in [5, 5.41) is 8.23. The molecule has 0 amide bonds. The fourth-order valence-electron chi connectivity index (χ4n) is 3.42. The quantitative estimate of drug-likeness (QED) is 0.469. The predicted molar refractivity (Wildman–Crippen MR) is 108 cm³/mol. The number of nitriles is 1. The summed E-state index contributed by atoms with van der Waals surface area (Å²) in [6.07, 6.45) is -5.07. The van der Waals surface area contributed by atoms with Gasteiger partial charge in [-0.05, 0) is 35.6 Å². The van der Waals surface area contributed by atoms with Crippen LogP contribution in [0.1, 0.15) is 25.5 Å². The number of benzene rings is 2. The third-order valence-electron chi connectivity index (χ3n) is 5.25. The fraction of sp³-hybridized carbons (Fsp3) is 0.304. The van der Waals surface area contributed by atoms with Gasteiger partial charge in [0.15, 0.2) is 0 Å². The van der Waals surface area contributed by atoms with Gasteiger partial charge in [-0.3, -0.25) is 4.79 Å². The SMILES string of the molecule is CC1(C)C(C(=O)O[C@@H](C#N)c2cccc(Oc3ccccc3)c2)[C@H]1/C=C(\Cl)C(F)(F)F. The Labute approximate surface area is 182 Å². The van der Waals surface area contributed by atoms with Gasteiger partial charge >= 0.3 is 12.1 Å². The predicted octanol–water partition coefficient (Wildman–Crippen LogP) is 6.54. The lowest BCUT2D eigenvalue weighted by molar-refractivity contribution is -0.149. The van der Waals surface area contributed by atoms with Crippen LogP contribution in [0.5, 0.6) is 11.5 Å². The Morgan fingerprint density at radius 3 is 2.42 bits per heavy atom. The van der Waals surface area contributed by atoms with Gasteiger partial charge in [0.25, 0.3) is 0 Å². The number of hydrogen-bond acceptors (Lipinski definition) is 4. The molecule has 0 aliphatic heterocycles. The van der Waals surface area contributed by atoms with E-state index in [4.69, 9.17) is 21.1 Å². The standard InChI is InChI=1S/C23H19ClF3NO3/c1-22(2)17(12-19(24)23(25,26)27)20(22)21(29)31-18(13-28)14-7-6-10-16(11-14)30-15-8-4-3-5-9-15/h3-12,17-18,20H,1-2H3/b19-12-/t17-,18+,20?/m1/s1. The van der Waals surface area contributed by atoms with Crippen LogP contribution in [0.4, 0.5) is 13.2 Å². The first kappa shape index (κ1) is 22.7. The lowest BCUT2D eigenvalue weighted by Crippen LogP contribution is -2.14. The second kappa shape index (κ2) is 8.64. The van der Waals surface area contributed by atoms with Gasteiger partial charge in [-0.15, -0.1) is 0 Å². The molecule has 0 saturated heterocycles. The minimum absolute atomic E-state index is 0.392. The number of allylic oxidation sites excluding steroid dienone is 2. The number of esters is 1. The van der Waals surface area contributed by atoms with Crippen LogP contribution in [0.15, 0.2) is 65.7 Å². The van der Waals surface area contributed by atoms with Gasteiger partial charge < -0.3 is 9.47 Å². The van der Waals surface area contributed by atoms with Crippen molar-refractivity contribution < 1.29 is 27.4 Å². The second-order valence-electron chi connectivity index (χ2n) is 7.77. The Bertz CT molecular complexity index is 1030. The van der Waals surface area contributed by atoms with Crippen LogP contribution < -0.4 is 4.74 Å². The first-order valence-corrected chi connectivity index (χ1v) is 9.79. The molecule has 162 valence electrons. The average Bonchev–Trinajstić information content (AvgIpc) is 3.26. The molecule has 0 radical (unpaired) electrons. The molecule has 4 nitrogen and oxygen atoms in total. The molecule has 2 aromatic rings. The number of halogens is 4. The fourth-order valence-corrected chi connectivity index (χ4v) is 3.55. The number of alkyl halides is 3. The van der Waals surface area contributed by atoms with E-state index < -0.39 is 40.5 Å². The summed E-state index contributed by atoms with van der Waals surface area (Å²) in [6.45, 7) is 3.30. The summed E-state index contributed by atoms with van der Waals surface area (Å²) < 4.78 is 49.2. The van der Waals surface area contributed by atoms with E-state index in [1.54, 1.807) is 50.2 Å². The first-order chi connectivity index (χ1) is 14.5. The van der Waals surface area contributed by atoms with Crippen molar-refractivity contribution in [2.75, 3.05) is 0 Å². The van der Waals surface area contributed by atoms with Crippen molar-refractivity contribution in [1.82, 2.24) is 0 Å². The van der Waals surface area contributed by atoms with Gasteiger partial charge in [0.05, 0.1) is 5.92 Å². The van der Waals surface area contributed by atoms with E-state index >= 15 is 0 Å². The number of nitrogens with zero attached hydrogens (tertiary/aromatic N) is 1. The number of para-hydroxylation sites is 1. The smallest absolute Gasteiger partial charge is 0.426 e. The second-order valence-corrected chi connectivity index (χ2v) is 8.18. The zero-order valence-corrected chi connectivity index (χ0v) is 17.4. The summed E-state index contributed by atoms with van der Waals surface area (Å²) in [7, 11) is 0. The van der Waals surface area contributed by atoms with Crippen LogP contribution in [0.3, 0.4) is 0 Å². The minimum atomic E-state index is -4.68. The van der Waals surface area contributed by atoms with E-state index in [0.29, 0.717) is 17.1 Å². The molecule has 3 atom stereocenters. The van der Waals surface area contributed by atoms with Crippen molar-refractivity contribution in [3.05, 3.63) is 71.3 Å². The Morgan fingerprint density at radius 1 is 1.16 bits per heavy atom. The molecule has 1 saturated carbocycles. The third-order valence-corrected chi connectivity index (χ3v) is 5.59. The lowest BCUT2D eigenvalue weighted by atomic mass is 10.1. The molecule has 2 aromatic carbocycles. The van der Waals surface area contributed by atoms with Crippen molar-refractivity contribution in [1.29, 1.82) is 5.26 Å². The molecule has 3 rings (SSSR count). The molecule has 0 spiro atoms. The van der Waals surface area contributed by atoms with E-state index in [-0.39, 0.29) is 0 Å². The number of rotatable bonds is 6. The Hall–Kier alpha value is -2.98. The molecular weight excluding hydrogens is 431 g/mol. The van der Waals surface area contributed by atoms with Crippen LogP contribution in [0.25, 0.3) is 0 Å². The van der Waals surface area contributed by atoms with E-state index in [9.17, 15) is 23.2 Å². The Morgan fingerprint density at radius 2 is 1.81 bits per heavy atom. The Kier molecular flexibility index (Phi) is 6.33. The normalized spacial score (nSPS) is 21.0. The van der Waals surface area contributed by atoms with Crippen molar-refractivity contribution >= 4 is 17.6 Å². The van der Waals surface area contributed by atoms with Crippen LogP contribution in [0.2, 0.25) is 0 Å². The van der Waals surface area contributed by atoms with E-state index in [1.165, 1.54) is 0 Å². The monoisotopic (exact) mass is 449 g/mol. The summed E-state index contributed by atoms with van der Waals surface area (Å²) >= 11 is 5.32. The molecule has 1 fully saturated rings. The highest BCUT2D eigenvalue weighted by Gasteiger charge is 2.62. The van der Waals surface area contributed by atoms with Crippen molar-refractivity contribution in [3.63, 3.8) is 0 Å². The average molecular weight is 450 g/mol. The summed E-state index contributed by atoms with van der Waals surface area (Å²) in [4.78, 5) is 12.6. The van der Waals surface area contributed by atoms with Crippen molar-refractivity contribution in [3.8, 4) is 17.6 Å². The molecule has 1 unspecified atom stereocenters. The van der Waals surface area contributed by atoms with Crippen LogP contribution >= 0.6 is 11.6 Å². The number of ether oxygens (including phenoxy) is 2. The van der Waals surface area contributed by atoms with Gasteiger partial charge in [-0.2, -0.15) is 18.4 Å². The minimum Gasteiger partial charge on any atom is -0.457 e. The highest BCUT2D eigenvalue weighted by Crippen LogP contribution is 2.60. The number of carbonyl (C=O) groups is 1. The van der Waals surface area contributed by atoms with Crippen LogP contribution in [-0.4, -0.2) is 12.1 Å². The zero-order valence-electron chi connectivity index (χ0n) is 16.7. The van der Waals surface area contributed by atoms with E-state index in [2.05, 4.69) is 0 Å². The van der Waals surface area contributed by atoms with E-state index in [1.807, 2.05) is 24.3 Å². The van der Waals surface area contributed by atoms with Crippen LogP contribution in [-0.2, 0) is 9.53 Å². The molecule has 1 aliphatic rings. The van der Waals surface area contributed by atoms with Crippen molar-refractivity contribution in [2.45, 2.75) is 26.1 Å². The molecule has 0 N–H and O–H groups in total. The van der Waals surface area contributed by atoms with Gasteiger partial charge in [0.2, 0.25) is 6.10 Å². The maximum atomic E-state index is 12.7. The van der Waals surface area contributed by atoms with Crippen LogP contribution in [0, 0.1) is 28.6 Å². The highest BCUT2D eigenvalue weighted by molar-refractivity contribution is 6.30. The van der Waals surface area contributed by atoms with Gasteiger partial charge in [-0.1, -0.05) is 61.9 Å². The van der Waals surface area contributed by atoms with E-state index in [0.717, 1.165) is 6.08 Å². The zero-order chi connectivity index (χ0) is 22.8. The molecule has 0 heterocycles. The molecule has 0 aromatic heterocycles. The topological polar surface area (TPSA) is 59.3 Å². The van der Waals surface area contributed by atoms with Gasteiger partial charge in [0.1, 0.15) is 22.6 Å².